The van der Waals surface area contributed by atoms with Crippen LogP contribution in [-0.4, -0.2) is 48.2 Å². The van der Waals surface area contributed by atoms with Gasteiger partial charge in [-0.05, 0) is 107 Å². The molecule has 2 atom stereocenters. The maximum Gasteiger partial charge on any atom is 0.352 e. The molecule has 3 aromatic heterocycles. The molecule has 0 fully saturated rings. The molecule has 4 heterocycles. The van der Waals surface area contributed by atoms with E-state index in [-0.39, 0.29) is 17.6 Å². The second-order valence-electron chi connectivity index (χ2n) is 13.5. The third kappa shape index (κ3) is 5.63. The van der Waals surface area contributed by atoms with Crippen molar-refractivity contribution in [1.29, 1.82) is 0 Å². The zero-order valence-electron chi connectivity index (χ0n) is 29.6. The second-order valence-corrected chi connectivity index (χ2v) is 14.4. The highest BCUT2D eigenvalue weighted by molar-refractivity contribution is 6.32. The number of benzene rings is 3. The number of hydrogen-bond donors (Lipinski definition) is 1. The highest BCUT2D eigenvalue weighted by Crippen LogP contribution is 2.45. The first-order chi connectivity index (χ1) is 24.3. The van der Waals surface area contributed by atoms with Crippen LogP contribution in [0.1, 0.15) is 74.0 Å². The van der Waals surface area contributed by atoms with Crippen molar-refractivity contribution in [3.05, 3.63) is 105 Å². The van der Waals surface area contributed by atoms with Gasteiger partial charge in [-0.3, -0.25) is 9.69 Å². The molecule has 0 spiro atoms. The van der Waals surface area contributed by atoms with Crippen molar-refractivity contribution in [3.8, 4) is 16.9 Å². The van der Waals surface area contributed by atoms with Crippen molar-refractivity contribution in [2.75, 3.05) is 11.5 Å². The van der Waals surface area contributed by atoms with Crippen LogP contribution in [0.25, 0.3) is 32.9 Å². The molecule has 0 saturated heterocycles. The Morgan fingerprint density at radius 2 is 1.67 bits per heavy atom. The highest BCUT2D eigenvalue weighted by Gasteiger charge is 2.42. The van der Waals surface area contributed by atoms with Gasteiger partial charge in [-0.2, -0.15) is 0 Å². The lowest BCUT2D eigenvalue weighted by Crippen LogP contribution is -2.48. The fraction of sp³-hybridized carbons (Fsp3) is 0.300. The minimum Gasteiger partial charge on any atom is -0.494 e. The first kappa shape index (κ1) is 34.6. The molecule has 1 aliphatic heterocycles. The molecule has 3 aromatic carbocycles. The molecule has 0 saturated carbocycles. The van der Waals surface area contributed by atoms with Gasteiger partial charge in [0.25, 0.3) is 5.91 Å². The van der Waals surface area contributed by atoms with Gasteiger partial charge in [0, 0.05) is 45.4 Å². The zero-order valence-corrected chi connectivity index (χ0v) is 31.1. The number of anilines is 1. The molecular weight excluding hydrogens is 685 g/mol. The molecule has 1 aliphatic rings. The number of amides is 1. The van der Waals surface area contributed by atoms with Gasteiger partial charge in [0.15, 0.2) is 0 Å². The van der Waals surface area contributed by atoms with Crippen LogP contribution in [0.3, 0.4) is 0 Å². The standard InChI is InChI=1S/C40H39Cl2N5O4/c1-20-14-26-18-32(40(49)50)45(7)35(26)31(15-20)47-38(42)25(6)46-36-28(10-8-11-30(36)33-23(4)43-19-44-24(33)5)29(37(46)39(47)48)12-9-13-51-27-16-21(2)34(41)22(3)17-27/h8,10-11,14-19,25,38H,9,12-13H2,1-7H3,(H,49,50)/t25-,38?/m1/s1. The molecule has 1 N–H and O–H groups in total. The topological polar surface area (TPSA) is 102 Å². The molecule has 11 heteroatoms. The van der Waals surface area contributed by atoms with E-state index in [2.05, 4.69) is 26.7 Å². The average Bonchev–Trinajstić information content (AvgIpc) is 3.59. The zero-order chi connectivity index (χ0) is 36.5. The quantitative estimate of drug-likeness (QED) is 0.0954. The van der Waals surface area contributed by atoms with Gasteiger partial charge in [-0.15, -0.1) is 0 Å². The maximum absolute atomic E-state index is 15.1. The van der Waals surface area contributed by atoms with E-state index >= 15 is 4.79 Å². The lowest BCUT2D eigenvalue weighted by atomic mass is 9.98. The number of aromatic carboxylic acids is 1. The van der Waals surface area contributed by atoms with Gasteiger partial charge in [0.1, 0.15) is 29.0 Å². The molecule has 9 nitrogen and oxygen atoms in total. The Bertz CT molecular complexity index is 2370. The number of aromatic nitrogens is 4. The van der Waals surface area contributed by atoms with Crippen LogP contribution in [-0.2, 0) is 13.5 Å². The minimum absolute atomic E-state index is 0.127. The number of aryl methyl sites for hydroxylation is 7. The molecule has 0 aliphatic carbocycles. The molecule has 0 radical (unpaired) electrons. The summed E-state index contributed by atoms with van der Waals surface area (Å²) in [6, 6.07) is 15.1. The largest absolute Gasteiger partial charge is 0.494 e. The van der Waals surface area contributed by atoms with Crippen molar-refractivity contribution in [2.24, 2.45) is 7.05 Å². The monoisotopic (exact) mass is 723 g/mol. The van der Waals surface area contributed by atoms with E-state index in [1.807, 2.05) is 71.9 Å². The van der Waals surface area contributed by atoms with E-state index in [1.54, 1.807) is 28.9 Å². The number of para-hydroxylation sites is 1. The smallest absolute Gasteiger partial charge is 0.352 e. The van der Waals surface area contributed by atoms with Crippen LogP contribution >= 0.6 is 23.2 Å². The molecule has 0 bridgehead atoms. The normalized spacial score (nSPS) is 15.9. The molecular formula is C40H39Cl2N5O4. The van der Waals surface area contributed by atoms with Gasteiger partial charge in [0.05, 0.1) is 29.4 Å². The van der Waals surface area contributed by atoms with Crippen LogP contribution in [0.5, 0.6) is 5.75 Å². The molecule has 1 unspecified atom stereocenters. The number of fused-ring (bicyclic) bond motifs is 4. The summed E-state index contributed by atoms with van der Waals surface area (Å²) in [6.45, 7) is 12.3. The number of halogens is 2. The SMILES string of the molecule is Cc1cc(N2C(=O)c3c(CCCOc4cc(C)c(Cl)c(C)c4)c4cccc(-c5c(C)ncnc5C)c4n3[C@H](C)C2Cl)c2c(c1)cc(C(=O)O)n2C. The Labute approximate surface area is 306 Å². The van der Waals surface area contributed by atoms with Crippen molar-refractivity contribution in [2.45, 2.75) is 65.9 Å². The van der Waals surface area contributed by atoms with Crippen molar-refractivity contribution < 1.29 is 19.4 Å². The van der Waals surface area contributed by atoms with E-state index in [0.29, 0.717) is 36.3 Å². The number of carbonyl (C=O) groups is 2. The van der Waals surface area contributed by atoms with E-state index in [0.717, 1.165) is 71.8 Å². The summed E-state index contributed by atoms with van der Waals surface area (Å²) in [4.78, 5) is 38.0. The van der Waals surface area contributed by atoms with Gasteiger partial charge >= 0.3 is 5.97 Å². The number of carbonyl (C=O) groups excluding carboxylic acids is 1. The Balaban J connectivity index is 1.40. The summed E-state index contributed by atoms with van der Waals surface area (Å²) in [5.74, 6) is -0.546. The summed E-state index contributed by atoms with van der Waals surface area (Å²) in [7, 11) is 1.71. The van der Waals surface area contributed by atoms with Crippen LogP contribution in [0, 0.1) is 34.6 Å². The highest BCUT2D eigenvalue weighted by atomic mass is 35.5. The fourth-order valence-electron chi connectivity index (χ4n) is 7.76. The van der Waals surface area contributed by atoms with Crippen LogP contribution in [0.15, 0.2) is 54.9 Å². The Kier molecular flexibility index (Phi) is 8.84. The van der Waals surface area contributed by atoms with E-state index < -0.39 is 11.5 Å². The first-order valence-corrected chi connectivity index (χ1v) is 17.8. The number of hydrogen-bond acceptors (Lipinski definition) is 5. The maximum atomic E-state index is 15.1. The average molecular weight is 725 g/mol. The van der Waals surface area contributed by atoms with Gasteiger partial charge in [0.2, 0.25) is 0 Å². The van der Waals surface area contributed by atoms with E-state index in [1.165, 1.54) is 0 Å². The van der Waals surface area contributed by atoms with E-state index in [4.69, 9.17) is 27.9 Å². The summed E-state index contributed by atoms with van der Waals surface area (Å²) >= 11 is 13.8. The van der Waals surface area contributed by atoms with Crippen LogP contribution in [0.4, 0.5) is 5.69 Å². The lowest BCUT2D eigenvalue weighted by Gasteiger charge is -2.39. The van der Waals surface area contributed by atoms with Gasteiger partial charge < -0.3 is 19.0 Å². The van der Waals surface area contributed by atoms with Gasteiger partial charge in [-0.25, -0.2) is 14.8 Å². The Hall–Kier alpha value is -4.86. The van der Waals surface area contributed by atoms with Crippen LogP contribution in [0.2, 0.25) is 5.02 Å². The number of ether oxygens (including phenoxy) is 1. The number of rotatable bonds is 8. The summed E-state index contributed by atoms with van der Waals surface area (Å²) < 4.78 is 9.92. The molecule has 1 amide bonds. The number of nitrogens with zero attached hydrogens (tertiary/aromatic N) is 5. The van der Waals surface area contributed by atoms with Crippen LogP contribution < -0.4 is 9.64 Å². The number of carboxylic acid groups (broad SMARTS) is 1. The summed E-state index contributed by atoms with van der Waals surface area (Å²) in [5, 5.41) is 12.4. The Morgan fingerprint density at radius 1 is 0.980 bits per heavy atom. The van der Waals surface area contributed by atoms with Gasteiger partial charge in [-0.1, -0.05) is 41.4 Å². The summed E-state index contributed by atoms with van der Waals surface area (Å²) in [5.41, 5.74) is 9.23. The minimum atomic E-state index is -1.05. The predicted molar refractivity (Wildman–Crippen MR) is 203 cm³/mol. The number of alkyl halides is 1. The third-order valence-corrected chi connectivity index (χ3v) is 11.2. The third-order valence-electron chi connectivity index (χ3n) is 10.1. The fourth-order valence-corrected chi connectivity index (χ4v) is 8.18. The number of carboxylic acids is 1. The Morgan fingerprint density at radius 3 is 2.33 bits per heavy atom. The second kappa shape index (κ2) is 13.0. The molecule has 51 heavy (non-hydrogen) atoms. The molecule has 262 valence electrons. The molecule has 7 rings (SSSR count). The van der Waals surface area contributed by atoms with E-state index in [9.17, 15) is 9.90 Å². The predicted octanol–water partition coefficient (Wildman–Crippen LogP) is 9.28. The van der Waals surface area contributed by atoms with Crippen molar-refractivity contribution in [3.63, 3.8) is 0 Å². The lowest BCUT2D eigenvalue weighted by molar-refractivity contribution is 0.0687. The summed E-state index contributed by atoms with van der Waals surface area (Å²) in [6.07, 6.45) is 2.77. The van der Waals surface area contributed by atoms with Crippen molar-refractivity contribution in [1.82, 2.24) is 19.1 Å². The van der Waals surface area contributed by atoms with Crippen molar-refractivity contribution >= 4 is 62.6 Å². The first-order valence-electron chi connectivity index (χ1n) is 16.9. The molecule has 6 aromatic rings.